The molecule has 1 aliphatic heterocycles. The van der Waals surface area contributed by atoms with Gasteiger partial charge in [0.2, 0.25) is 5.91 Å². The van der Waals surface area contributed by atoms with Crippen molar-refractivity contribution in [3.05, 3.63) is 59.7 Å². The van der Waals surface area contributed by atoms with Crippen LogP contribution in [-0.2, 0) is 14.3 Å². The third kappa shape index (κ3) is 5.24. The Kier molecular flexibility index (Phi) is 7.50. The van der Waals surface area contributed by atoms with Crippen LogP contribution >= 0.6 is 0 Å². The van der Waals surface area contributed by atoms with E-state index in [0.717, 1.165) is 35.1 Å². The number of nitrogens with zero attached hydrogens (tertiary/aromatic N) is 1. The van der Waals surface area contributed by atoms with E-state index in [9.17, 15) is 14.4 Å². The van der Waals surface area contributed by atoms with Crippen LogP contribution in [-0.4, -0.2) is 53.7 Å². The molecule has 0 radical (unpaired) electrons. The van der Waals surface area contributed by atoms with Crippen LogP contribution in [0.5, 0.6) is 0 Å². The van der Waals surface area contributed by atoms with Gasteiger partial charge < -0.3 is 20.1 Å². The maximum atomic E-state index is 13.1. The molecule has 1 unspecified atom stereocenters. The van der Waals surface area contributed by atoms with Gasteiger partial charge in [-0.15, -0.1) is 0 Å². The van der Waals surface area contributed by atoms with Crippen molar-refractivity contribution in [2.75, 3.05) is 19.7 Å². The first kappa shape index (κ1) is 23.8. The van der Waals surface area contributed by atoms with E-state index in [2.05, 4.69) is 29.6 Å². The molecule has 2 N–H and O–H groups in total. The highest BCUT2D eigenvalue weighted by atomic mass is 16.5. The minimum Gasteiger partial charge on any atom is -0.481 e. The van der Waals surface area contributed by atoms with Gasteiger partial charge in [0, 0.05) is 25.4 Å². The highest BCUT2D eigenvalue weighted by Gasteiger charge is 2.33. The Hall–Kier alpha value is -3.35. The Labute approximate surface area is 200 Å². The molecule has 1 saturated heterocycles. The van der Waals surface area contributed by atoms with E-state index in [1.165, 1.54) is 0 Å². The minimum absolute atomic E-state index is 0.0391. The number of carboxylic acid groups (broad SMARTS) is 1. The molecule has 0 bridgehead atoms. The molecule has 7 nitrogen and oxygen atoms in total. The molecule has 0 aromatic heterocycles. The molecule has 2 aromatic rings. The summed E-state index contributed by atoms with van der Waals surface area (Å²) in [7, 11) is 0. The summed E-state index contributed by atoms with van der Waals surface area (Å²) in [5.41, 5.74) is 4.59. The third-order valence-electron chi connectivity index (χ3n) is 6.84. The molecule has 1 heterocycles. The summed E-state index contributed by atoms with van der Waals surface area (Å²) in [6.45, 7) is 3.17. The number of amides is 2. The van der Waals surface area contributed by atoms with Crippen molar-refractivity contribution in [3.8, 4) is 11.1 Å². The summed E-state index contributed by atoms with van der Waals surface area (Å²) in [5.74, 6) is -1.09. The number of alkyl carbamates (subject to hydrolysis) is 1. The number of carboxylic acids is 1. The zero-order valence-corrected chi connectivity index (χ0v) is 19.5. The Bertz CT molecular complexity index is 1010. The van der Waals surface area contributed by atoms with Gasteiger partial charge in [-0.1, -0.05) is 68.3 Å². The van der Waals surface area contributed by atoms with Crippen molar-refractivity contribution in [3.63, 3.8) is 0 Å². The lowest BCUT2D eigenvalue weighted by Crippen LogP contribution is -2.48. The van der Waals surface area contributed by atoms with Crippen molar-refractivity contribution < 1.29 is 24.2 Å². The van der Waals surface area contributed by atoms with Gasteiger partial charge >= 0.3 is 12.1 Å². The second kappa shape index (κ2) is 10.7. The molecule has 2 amide bonds. The predicted octanol–water partition coefficient (Wildman–Crippen LogP) is 4.41. The van der Waals surface area contributed by atoms with Crippen LogP contribution in [0.2, 0.25) is 0 Å². The van der Waals surface area contributed by atoms with Gasteiger partial charge in [0.1, 0.15) is 12.6 Å². The van der Waals surface area contributed by atoms with E-state index in [-0.39, 0.29) is 30.8 Å². The number of hydrogen-bond donors (Lipinski definition) is 2. The maximum absolute atomic E-state index is 13.1. The zero-order valence-electron chi connectivity index (χ0n) is 19.5. The summed E-state index contributed by atoms with van der Waals surface area (Å²) in [6.07, 6.45) is 2.36. The molecule has 7 heteroatoms. The second-order valence-corrected chi connectivity index (χ2v) is 9.20. The summed E-state index contributed by atoms with van der Waals surface area (Å²) in [5, 5.41) is 11.8. The first-order valence-corrected chi connectivity index (χ1v) is 12.1. The van der Waals surface area contributed by atoms with E-state index >= 15 is 0 Å². The standard InChI is InChI=1S/C27H32N2O5/c1-2-3-12-24(26(32)29-14-13-18(16-29)15-25(30)31)28-27(33)34-17-23-21-10-6-4-8-19(21)20-9-5-7-11-22(20)23/h4-11,18,23-24H,2-3,12-17H2,1H3,(H,28,33)(H,30,31)/t18?,24-/m0/s1. The molecule has 2 aliphatic rings. The lowest BCUT2D eigenvalue weighted by Gasteiger charge is -2.24. The topological polar surface area (TPSA) is 95.9 Å². The monoisotopic (exact) mass is 464 g/mol. The quantitative estimate of drug-likeness (QED) is 0.573. The first-order valence-electron chi connectivity index (χ1n) is 12.1. The molecular formula is C27H32N2O5. The molecule has 2 aromatic carbocycles. The molecule has 4 rings (SSSR count). The smallest absolute Gasteiger partial charge is 0.407 e. The highest BCUT2D eigenvalue weighted by molar-refractivity contribution is 5.86. The number of rotatable bonds is 9. The lowest BCUT2D eigenvalue weighted by molar-refractivity contribution is -0.138. The van der Waals surface area contributed by atoms with Crippen LogP contribution < -0.4 is 5.32 Å². The fourth-order valence-electron chi connectivity index (χ4n) is 5.11. The van der Waals surface area contributed by atoms with Gasteiger partial charge in [-0.25, -0.2) is 4.79 Å². The van der Waals surface area contributed by atoms with Crippen LogP contribution in [0.3, 0.4) is 0 Å². The van der Waals surface area contributed by atoms with Gasteiger partial charge in [0.15, 0.2) is 0 Å². The second-order valence-electron chi connectivity index (χ2n) is 9.20. The number of benzene rings is 2. The molecule has 1 fully saturated rings. The van der Waals surface area contributed by atoms with Crippen LogP contribution in [0, 0.1) is 5.92 Å². The number of aliphatic carboxylic acids is 1. The number of likely N-dealkylation sites (tertiary alicyclic amines) is 1. The Morgan fingerprint density at radius 1 is 1.09 bits per heavy atom. The fraction of sp³-hybridized carbons (Fsp3) is 0.444. The van der Waals surface area contributed by atoms with Crippen molar-refractivity contribution >= 4 is 18.0 Å². The van der Waals surface area contributed by atoms with Crippen molar-refractivity contribution in [2.45, 2.75) is 51.0 Å². The summed E-state index contributed by atoms with van der Waals surface area (Å²) >= 11 is 0. The van der Waals surface area contributed by atoms with Gasteiger partial charge in [-0.05, 0) is 41.0 Å². The number of ether oxygens (including phenoxy) is 1. The maximum Gasteiger partial charge on any atom is 0.407 e. The fourth-order valence-corrected chi connectivity index (χ4v) is 5.11. The van der Waals surface area contributed by atoms with E-state index in [4.69, 9.17) is 9.84 Å². The minimum atomic E-state index is -0.849. The predicted molar refractivity (Wildman–Crippen MR) is 128 cm³/mol. The number of carbonyl (C=O) groups excluding carboxylic acids is 2. The first-order chi connectivity index (χ1) is 16.5. The number of carbonyl (C=O) groups is 3. The largest absolute Gasteiger partial charge is 0.481 e. The zero-order chi connectivity index (χ0) is 24.1. The van der Waals surface area contributed by atoms with Crippen molar-refractivity contribution in [1.82, 2.24) is 10.2 Å². The van der Waals surface area contributed by atoms with Crippen molar-refractivity contribution in [2.24, 2.45) is 5.92 Å². The van der Waals surface area contributed by atoms with Gasteiger partial charge in [0.25, 0.3) is 0 Å². The van der Waals surface area contributed by atoms with E-state index in [1.54, 1.807) is 4.90 Å². The average molecular weight is 465 g/mol. The van der Waals surface area contributed by atoms with E-state index in [1.807, 2.05) is 31.2 Å². The average Bonchev–Trinajstić information content (AvgIpc) is 3.42. The van der Waals surface area contributed by atoms with Crippen LogP contribution in [0.25, 0.3) is 11.1 Å². The Morgan fingerprint density at radius 3 is 2.35 bits per heavy atom. The number of hydrogen-bond acceptors (Lipinski definition) is 4. The van der Waals surface area contributed by atoms with Crippen molar-refractivity contribution in [1.29, 1.82) is 0 Å². The highest BCUT2D eigenvalue weighted by Crippen LogP contribution is 2.44. The lowest BCUT2D eigenvalue weighted by atomic mass is 9.98. The summed E-state index contributed by atoms with van der Waals surface area (Å²) < 4.78 is 5.64. The molecule has 2 atom stereocenters. The van der Waals surface area contributed by atoms with Gasteiger partial charge in [0.05, 0.1) is 0 Å². The number of fused-ring (bicyclic) bond motifs is 3. The van der Waals surface area contributed by atoms with Gasteiger partial charge in [-0.3, -0.25) is 9.59 Å². The molecule has 180 valence electrons. The Morgan fingerprint density at radius 2 is 1.74 bits per heavy atom. The summed E-state index contributed by atoms with van der Waals surface area (Å²) in [4.78, 5) is 38.5. The molecule has 34 heavy (non-hydrogen) atoms. The SMILES string of the molecule is CCCC[C@H](NC(=O)OCC1c2ccccc2-c2ccccc21)C(=O)N1CCC(CC(=O)O)C1. The van der Waals surface area contributed by atoms with Crippen LogP contribution in [0.15, 0.2) is 48.5 Å². The third-order valence-corrected chi connectivity index (χ3v) is 6.84. The molecule has 1 aliphatic carbocycles. The van der Waals surface area contributed by atoms with Crippen LogP contribution in [0.4, 0.5) is 4.79 Å². The van der Waals surface area contributed by atoms with Crippen LogP contribution in [0.1, 0.15) is 56.1 Å². The van der Waals surface area contributed by atoms with E-state index < -0.39 is 18.1 Å². The number of unbranched alkanes of at least 4 members (excludes halogenated alkanes) is 1. The molecule has 0 saturated carbocycles. The Balaban J connectivity index is 1.38. The van der Waals surface area contributed by atoms with E-state index in [0.29, 0.717) is 25.9 Å². The molecule has 0 spiro atoms. The molecular weight excluding hydrogens is 432 g/mol. The normalized spacial score (nSPS) is 17.7. The van der Waals surface area contributed by atoms with Gasteiger partial charge in [-0.2, -0.15) is 0 Å². The summed E-state index contributed by atoms with van der Waals surface area (Å²) in [6, 6.07) is 15.6. The number of nitrogens with one attached hydrogen (secondary N) is 1.